The van der Waals surface area contributed by atoms with Crippen LogP contribution in [0.15, 0.2) is 84.9 Å². The van der Waals surface area contributed by atoms with Gasteiger partial charge < -0.3 is 19.5 Å². The van der Waals surface area contributed by atoms with Crippen molar-refractivity contribution in [2.45, 2.75) is 30.6 Å². The number of carboxylic acids is 1. The van der Waals surface area contributed by atoms with Crippen molar-refractivity contribution in [3.05, 3.63) is 102 Å². The third kappa shape index (κ3) is 9.72. The fourth-order valence-electron chi connectivity index (χ4n) is 3.97. The molecular weight excluding hydrogens is 556 g/mol. The average Bonchev–Trinajstić information content (AvgIpc) is 2.98. The van der Waals surface area contributed by atoms with Crippen LogP contribution in [0.3, 0.4) is 0 Å². The summed E-state index contributed by atoms with van der Waals surface area (Å²) in [4.78, 5) is 29.3. The van der Waals surface area contributed by atoms with Gasteiger partial charge in [0, 0.05) is 43.5 Å². The van der Waals surface area contributed by atoms with Gasteiger partial charge in [-0.05, 0) is 35.4 Å². The Morgan fingerprint density at radius 2 is 1.54 bits per heavy atom. The van der Waals surface area contributed by atoms with Crippen molar-refractivity contribution in [2.24, 2.45) is 0 Å². The van der Waals surface area contributed by atoms with Crippen molar-refractivity contribution in [3.63, 3.8) is 0 Å². The second-order valence-electron chi connectivity index (χ2n) is 9.55. The zero-order valence-electron chi connectivity index (χ0n) is 23.2. The fourth-order valence-corrected chi connectivity index (χ4v) is 6.62. The number of hydrogen-bond acceptors (Lipinski definition) is 7. The first-order valence-corrected chi connectivity index (χ1v) is 15.4. The smallest absolute Gasteiger partial charge is 0.304 e. The van der Waals surface area contributed by atoms with Crippen LogP contribution in [0.4, 0.5) is 0 Å². The molecule has 0 aliphatic carbocycles. The van der Waals surface area contributed by atoms with Crippen LogP contribution in [0.1, 0.15) is 34.2 Å². The molecule has 0 fully saturated rings. The number of amides is 1. The Bertz CT molecular complexity index is 1460. The van der Waals surface area contributed by atoms with Gasteiger partial charge in [0.1, 0.15) is 24.7 Å². The summed E-state index contributed by atoms with van der Waals surface area (Å²) in [5.74, 6) is 1.81. The maximum Gasteiger partial charge on any atom is 0.304 e. The minimum atomic E-state index is -0.814. The van der Waals surface area contributed by atoms with Crippen molar-refractivity contribution in [2.75, 3.05) is 25.6 Å². The molecule has 0 aliphatic heterocycles. The van der Waals surface area contributed by atoms with Gasteiger partial charge in [-0.15, -0.1) is 23.5 Å². The molecule has 0 radical (unpaired) electrons. The van der Waals surface area contributed by atoms with E-state index in [0.29, 0.717) is 42.6 Å². The van der Waals surface area contributed by atoms with Crippen LogP contribution in [-0.4, -0.2) is 52.5 Å². The summed E-state index contributed by atoms with van der Waals surface area (Å²) < 4.78 is 12.1. The van der Waals surface area contributed by atoms with Crippen LogP contribution in [-0.2, 0) is 22.8 Å². The van der Waals surface area contributed by atoms with Crippen molar-refractivity contribution in [1.82, 2.24) is 9.88 Å². The Hall–Kier alpha value is -3.69. The molecule has 1 amide bonds. The van der Waals surface area contributed by atoms with Crippen molar-refractivity contribution >= 4 is 46.3 Å². The SMILES string of the molecule is CN(C)C(=O)CCSC(SCCC(=O)O)c1cccc(COc2cccc(OCc3ccc4ccccc4n3)c2)c1. The van der Waals surface area contributed by atoms with Gasteiger partial charge >= 0.3 is 5.97 Å². The lowest BCUT2D eigenvalue weighted by molar-refractivity contribution is -0.136. The zero-order chi connectivity index (χ0) is 29.0. The molecule has 0 saturated heterocycles. The number of aromatic nitrogens is 1. The molecule has 3 aromatic carbocycles. The highest BCUT2D eigenvalue weighted by Crippen LogP contribution is 2.40. The molecule has 214 valence electrons. The molecule has 4 aromatic rings. The van der Waals surface area contributed by atoms with E-state index in [1.165, 1.54) is 0 Å². The van der Waals surface area contributed by atoms with E-state index in [-0.39, 0.29) is 16.9 Å². The van der Waals surface area contributed by atoms with Gasteiger partial charge in [-0.3, -0.25) is 9.59 Å². The summed E-state index contributed by atoms with van der Waals surface area (Å²) in [5, 5.41) is 10.2. The van der Waals surface area contributed by atoms with E-state index < -0.39 is 5.97 Å². The topological polar surface area (TPSA) is 89.0 Å². The molecule has 0 bridgehead atoms. The molecule has 1 heterocycles. The van der Waals surface area contributed by atoms with E-state index in [1.54, 1.807) is 42.5 Å². The summed E-state index contributed by atoms with van der Waals surface area (Å²) >= 11 is 3.25. The molecule has 4 rings (SSSR count). The number of carbonyl (C=O) groups is 2. The number of nitrogens with zero attached hydrogens (tertiary/aromatic N) is 2. The van der Waals surface area contributed by atoms with Gasteiger partial charge in [-0.25, -0.2) is 4.98 Å². The van der Waals surface area contributed by atoms with E-state index >= 15 is 0 Å². The van der Waals surface area contributed by atoms with E-state index in [2.05, 4.69) is 11.1 Å². The summed E-state index contributed by atoms with van der Waals surface area (Å²) in [6, 6.07) is 27.7. The number of para-hydroxylation sites is 1. The number of rotatable bonds is 15. The summed E-state index contributed by atoms with van der Waals surface area (Å²) in [6.07, 6.45) is 0.530. The number of hydrogen-bond donors (Lipinski definition) is 1. The molecular formula is C32H34N2O5S2. The van der Waals surface area contributed by atoms with Crippen LogP contribution in [0.5, 0.6) is 11.5 Å². The predicted octanol–water partition coefficient (Wildman–Crippen LogP) is 6.81. The van der Waals surface area contributed by atoms with Crippen molar-refractivity contribution in [1.29, 1.82) is 0 Å². The second kappa shape index (κ2) is 15.3. The number of aliphatic carboxylic acids is 1. The Labute approximate surface area is 249 Å². The highest BCUT2D eigenvalue weighted by atomic mass is 32.2. The zero-order valence-corrected chi connectivity index (χ0v) is 24.8. The third-order valence-corrected chi connectivity index (χ3v) is 8.99. The highest BCUT2D eigenvalue weighted by Gasteiger charge is 2.16. The maximum absolute atomic E-state index is 12.0. The molecule has 0 saturated carbocycles. The molecule has 1 unspecified atom stereocenters. The minimum Gasteiger partial charge on any atom is -0.489 e. The van der Waals surface area contributed by atoms with Gasteiger partial charge in [-0.1, -0.05) is 54.6 Å². The predicted molar refractivity (Wildman–Crippen MR) is 167 cm³/mol. The third-order valence-electron chi connectivity index (χ3n) is 6.15. The fraction of sp³-hybridized carbons (Fsp3) is 0.281. The van der Waals surface area contributed by atoms with Crippen molar-refractivity contribution in [3.8, 4) is 11.5 Å². The normalized spacial score (nSPS) is 11.7. The van der Waals surface area contributed by atoms with Gasteiger partial charge in [0.25, 0.3) is 0 Å². The van der Waals surface area contributed by atoms with Gasteiger partial charge in [0.15, 0.2) is 0 Å². The van der Waals surface area contributed by atoms with E-state index in [4.69, 9.17) is 14.6 Å². The first-order chi connectivity index (χ1) is 19.9. The average molecular weight is 591 g/mol. The van der Waals surface area contributed by atoms with Crippen LogP contribution < -0.4 is 9.47 Å². The number of carbonyl (C=O) groups excluding carboxylic acids is 1. The highest BCUT2D eigenvalue weighted by molar-refractivity contribution is 8.16. The molecule has 1 atom stereocenters. The van der Waals surface area contributed by atoms with Crippen LogP contribution in [0, 0.1) is 0 Å². The Kier molecular flexibility index (Phi) is 11.3. The van der Waals surface area contributed by atoms with Crippen LogP contribution >= 0.6 is 23.5 Å². The molecule has 0 aliphatic rings. The lowest BCUT2D eigenvalue weighted by Gasteiger charge is -2.18. The number of thioether (sulfide) groups is 2. The van der Waals surface area contributed by atoms with Gasteiger partial charge in [0.05, 0.1) is 22.2 Å². The van der Waals surface area contributed by atoms with Crippen molar-refractivity contribution < 1.29 is 24.2 Å². The lowest BCUT2D eigenvalue weighted by atomic mass is 10.1. The van der Waals surface area contributed by atoms with Crippen LogP contribution in [0.2, 0.25) is 0 Å². The van der Waals surface area contributed by atoms with E-state index in [0.717, 1.165) is 27.7 Å². The standard InChI is InChI=1S/C32H34N2O5S2/c1-34(2)30(35)15-17-40-32(41-18-16-31(36)37)25-9-5-7-23(19-25)21-38-27-10-6-11-28(20-27)39-22-26-14-13-24-8-3-4-12-29(24)33-26/h3-14,19-20,32H,15-18,21-22H2,1-2H3,(H,36,37). The van der Waals surface area contributed by atoms with Gasteiger partial charge in [-0.2, -0.15) is 0 Å². The number of carboxylic acid groups (broad SMARTS) is 1. The number of fused-ring (bicyclic) bond motifs is 1. The van der Waals surface area contributed by atoms with Gasteiger partial charge in [0.2, 0.25) is 5.91 Å². The molecule has 9 heteroatoms. The summed E-state index contributed by atoms with van der Waals surface area (Å²) in [6.45, 7) is 0.731. The molecule has 1 N–H and O–H groups in total. The summed E-state index contributed by atoms with van der Waals surface area (Å²) in [5.41, 5.74) is 3.87. The first-order valence-electron chi connectivity index (χ1n) is 13.3. The Balaban J connectivity index is 1.35. The number of pyridine rings is 1. The number of benzene rings is 3. The van der Waals surface area contributed by atoms with E-state index in [9.17, 15) is 9.59 Å². The van der Waals surface area contributed by atoms with E-state index in [1.807, 2.05) is 78.9 Å². The molecule has 1 aromatic heterocycles. The first kappa shape index (κ1) is 30.3. The Morgan fingerprint density at radius 1 is 0.829 bits per heavy atom. The molecule has 7 nitrogen and oxygen atoms in total. The Morgan fingerprint density at radius 3 is 2.29 bits per heavy atom. The monoisotopic (exact) mass is 590 g/mol. The van der Waals surface area contributed by atoms with Crippen LogP contribution in [0.25, 0.3) is 10.9 Å². The molecule has 0 spiro atoms. The lowest BCUT2D eigenvalue weighted by Crippen LogP contribution is -2.21. The second-order valence-corrected chi connectivity index (χ2v) is 12.3. The minimum absolute atomic E-state index is 0.0182. The maximum atomic E-state index is 12.0. The molecule has 41 heavy (non-hydrogen) atoms. The quantitative estimate of drug-likeness (QED) is 0.151. The largest absolute Gasteiger partial charge is 0.489 e. The summed E-state index contributed by atoms with van der Waals surface area (Å²) in [7, 11) is 3.50. The number of ether oxygens (including phenoxy) is 2.